The van der Waals surface area contributed by atoms with Crippen LogP contribution in [0, 0.1) is 11.7 Å². The average Bonchev–Trinajstić information content (AvgIpc) is 2.82. The lowest BCUT2D eigenvalue weighted by molar-refractivity contribution is -0.128. The van der Waals surface area contributed by atoms with Crippen molar-refractivity contribution < 1.29 is 37.0 Å². The molecule has 182 valence electrons. The second-order valence-corrected chi connectivity index (χ2v) is 9.84. The number of carbonyl (C=O) groups is 2. The molecule has 0 radical (unpaired) electrons. The number of fused-ring (bicyclic) bond motifs is 1. The molecule has 0 aromatic heterocycles. The van der Waals surface area contributed by atoms with Gasteiger partial charge in [0.05, 0.1) is 23.7 Å². The maximum atomic E-state index is 13.4. The van der Waals surface area contributed by atoms with Gasteiger partial charge in [-0.2, -0.15) is 0 Å². The van der Waals surface area contributed by atoms with Gasteiger partial charge in [0.15, 0.2) is 0 Å². The third kappa shape index (κ3) is 5.23. The maximum absolute atomic E-state index is 13.4. The highest BCUT2D eigenvalue weighted by Gasteiger charge is 2.35. The molecule has 2 aromatic rings. The van der Waals surface area contributed by atoms with E-state index in [2.05, 4.69) is 10.6 Å². The number of nitrogens with one attached hydrogen (secondary N) is 2. The number of ether oxygens (including phenoxy) is 2. The van der Waals surface area contributed by atoms with Gasteiger partial charge < -0.3 is 19.9 Å². The molecule has 4 rings (SSSR count). The van der Waals surface area contributed by atoms with Crippen LogP contribution in [0.15, 0.2) is 47.4 Å². The third-order valence-corrected chi connectivity index (χ3v) is 7.43. The third-order valence-electron chi connectivity index (χ3n) is 5.64. The van der Waals surface area contributed by atoms with Crippen molar-refractivity contribution in [3.8, 4) is 5.75 Å². The molecule has 2 aliphatic heterocycles. The number of rotatable bonds is 6. The molecule has 0 saturated carbocycles. The second-order valence-electron chi connectivity index (χ2n) is 7.97. The largest absolute Gasteiger partial charge is 0.484 e. The SMILES string of the molecule is O=C(O)Nc1ccc2c(c1)N(S(=O)(=O)c1ccc(F)cc1)CC(CNC(=O)C1CCOCC1)O2. The summed E-state index contributed by atoms with van der Waals surface area (Å²) in [5.41, 5.74) is 0.281. The summed E-state index contributed by atoms with van der Waals surface area (Å²) in [4.78, 5) is 23.4. The van der Waals surface area contributed by atoms with E-state index in [1.165, 1.54) is 18.2 Å². The summed E-state index contributed by atoms with van der Waals surface area (Å²) in [5.74, 6) is -0.693. The Hall–Kier alpha value is -3.38. The molecule has 1 fully saturated rings. The van der Waals surface area contributed by atoms with Crippen LogP contribution in [0.5, 0.6) is 5.75 Å². The molecule has 10 nitrogen and oxygen atoms in total. The average molecular weight is 494 g/mol. The van der Waals surface area contributed by atoms with Gasteiger partial charge in [0.25, 0.3) is 10.0 Å². The molecule has 1 atom stereocenters. The number of amides is 2. The zero-order valence-electron chi connectivity index (χ0n) is 18.1. The lowest BCUT2D eigenvalue weighted by Gasteiger charge is -2.36. The Bertz CT molecular complexity index is 1170. The fourth-order valence-corrected chi connectivity index (χ4v) is 5.40. The fraction of sp³-hybridized carbons (Fsp3) is 0.364. The van der Waals surface area contributed by atoms with Crippen LogP contribution in [0.25, 0.3) is 0 Å². The van der Waals surface area contributed by atoms with Gasteiger partial charge in [-0.1, -0.05) is 0 Å². The number of hydrogen-bond acceptors (Lipinski definition) is 6. The van der Waals surface area contributed by atoms with E-state index in [-0.39, 0.29) is 46.9 Å². The molecule has 34 heavy (non-hydrogen) atoms. The van der Waals surface area contributed by atoms with Crippen LogP contribution >= 0.6 is 0 Å². The molecule has 2 aromatic carbocycles. The van der Waals surface area contributed by atoms with Crippen LogP contribution in [-0.2, 0) is 19.6 Å². The molecule has 2 aliphatic rings. The van der Waals surface area contributed by atoms with Gasteiger partial charge in [-0.3, -0.25) is 14.4 Å². The summed E-state index contributed by atoms with van der Waals surface area (Å²) in [7, 11) is -4.15. The highest BCUT2D eigenvalue weighted by molar-refractivity contribution is 7.92. The van der Waals surface area contributed by atoms with Gasteiger partial charge >= 0.3 is 6.09 Å². The fourth-order valence-electron chi connectivity index (χ4n) is 3.90. The highest BCUT2D eigenvalue weighted by Crippen LogP contribution is 2.39. The Morgan fingerprint density at radius 2 is 1.82 bits per heavy atom. The summed E-state index contributed by atoms with van der Waals surface area (Å²) in [6.45, 7) is 0.959. The van der Waals surface area contributed by atoms with Gasteiger partial charge in [0, 0.05) is 24.8 Å². The molecule has 1 saturated heterocycles. The molecule has 0 aliphatic carbocycles. The lowest BCUT2D eigenvalue weighted by Crippen LogP contribution is -2.49. The Morgan fingerprint density at radius 1 is 1.12 bits per heavy atom. The van der Waals surface area contributed by atoms with E-state index in [0.717, 1.165) is 28.6 Å². The molecule has 0 bridgehead atoms. The first kappa shape index (κ1) is 23.8. The summed E-state index contributed by atoms with van der Waals surface area (Å²) in [6, 6.07) is 8.65. The lowest BCUT2D eigenvalue weighted by atomic mass is 9.99. The van der Waals surface area contributed by atoms with E-state index >= 15 is 0 Å². The van der Waals surface area contributed by atoms with Gasteiger partial charge in [-0.05, 0) is 55.3 Å². The molecule has 0 spiro atoms. The van der Waals surface area contributed by atoms with Crippen molar-refractivity contribution in [2.24, 2.45) is 5.92 Å². The van der Waals surface area contributed by atoms with Gasteiger partial charge in [-0.25, -0.2) is 17.6 Å². The minimum absolute atomic E-state index is 0.0696. The number of sulfonamides is 1. The van der Waals surface area contributed by atoms with Crippen molar-refractivity contribution in [3.05, 3.63) is 48.3 Å². The quantitative estimate of drug-likeness (QED) is 0.563. The van der Waals surface area contributed by atoms with Crippen LogP contribution in [-0.4, -0.2) is 57.9 Å². The Morgan fingerprint density at radius 3 is 2.50 bits per heavy atom. The van der Waals surface area contributed by atoms with E-state index in [0.29, 0.717) is 26.1 Å². The number of halogens is 1. The minimum Gasteiger partial charge on any atom is -0.484 e. The number of benzene rings is 2. The number of nitrogens with zero attached hydrogens (tertiary/aromatic N) is 1. The van der Waals surface area contributed by atoms with Gasteiger partial charge in [0.1, 0.15) is 17.7 Å². The molecule has 1 unspecified atom stereocenters. The smallest absolute Gasteiger partial charge is 0.409 e. The zero-order valence-corrected chi connectivity index (χ0v) is 18.9. The topological polar surface area (TPSA) is 134 Å². The summed E-state index contributed by atoms with van der Waals surface area (Å²) < 4.78 is 52.5. The Labute approximate surface area is 195 Å². The zero-order chi connectivity index (χ0) is 24.3. The number of carboxylic acid groups (broad SMARTS) is 1. The second kappa shape index (κ2) is 9.85. The van der Waals surface area contributed by atoms with E-state index < -0.39 is 28.0 Å². The first-order valence-corrected chi connectivity index (χ1v) is 12.1. The molecule has 2 amide bonds. The van der Waals surface area contributed by atoms with Gasteiger partial charge in [-0.15, -0.1) is 0 Å². The predicted molar refractivity (Wildman–Crippen MR) is 120 cm³/mol. The van der Waals surface area contributed by atoms with Crippen LogP contribution in [0.4, 0.5) is 20.6 Å². The number of carbonyl (C=O) groups excluding carboxylic acids is 1. The van der Waals surface area contributed by atoms with Crippen molar-refractivity contribution in [1.29, 1.82) is 0 Å². The van der Waals surface area contributed by atoms with Crippen LogP contribution < -0.4 is 19.7 Å². The van der Waals surface area contributed by atoms with E-state index in [1.807, 2.05) is 0 Å². The number of anilines is 2. The summed E-state index contributed by atoms with van der Waals surface area (Å²) >= 11 is 0. The van der Waals surface area contributed by atoms with Crippen molar-refractivity contribution in [3.63, 3.8) is 0 Å². The molecular weight excluding hydrogens is 469 g/mol. The first-order chi connectivity index (χ1) is 16.2. The molecule has 12 heteroatoms. The normalized spacial score (nSPS) is 18.5. The first-order valence-electron chi connectivity index (χ1n) is 10.7. The monoisotopic (exact) mass is 493 g/mol. The van der Waals surface area contributed by atoms with Gasteiger partial charge in [0.2, 0.25) is 5.91 Å². The van der Waals surface area contributed by atoms with Crippen LogP contribution in [0.1, 0.15) is 12.8 Å². The number of hydrogen-bond donors (Lipinski definition) is 3. The van der Waals surface area contributed by atoms with Crippen molar-refractivity contribution >= 4 is 33.4 Å². The molecular formula is C22H24FN3O7S. The Kier molecular flexibility index (Phi) is 6.89. The standard InChI is InChI=1S/C22H24FN3O7S/c23-15-1-4-18(5-2-15)34(30,31)26-13-17(12-24-21(27)14-7-9-32-10-8-14)33-20-6-3-16(11-19(20)26)25-22(28)29/h1-6,11,14,17,25H,7-10,12-13H2,(H,24,27)(H,28,29). The van der Waals surface area contributed by atoms with Crippen molar-refractivity contribution in [1.82, 2.24) is 5.32 Å². The minimum atomic E-state index is -4.15. The van der Waals surface area contributed by atoms with E-state index in [4.69, 9.17) is 14.6 Å². The maximum Gasteiger partial charge on any atom is 0.409 e. The highest BCUT2D eigenvalue weighted by atomic mass is 32.2. The van der Waals surface area contributed by atoms with Crippen molar-refractivity contribution in [2.45, 2.75) is 23.8 Å². The summed E-state index contributed by atoms with van der Waals surface area (Å²) in [6.07, 6.45) is -0.780. The van der Waals surface area contributed by atoms with E-state index in [1.54, 1.807) is 0 Å². The molecule has 2 heterocycles. The van der Waals surface area contributed by atoms with Crippen molar-refractivity contribution in [2.75, 3.05) is 35.9 Å². The van der Waals surface area contributed by atoms with Crippen LogP contribution in [0.3, 0.4) is 0 Å². The Balaban J connectivity index is 1.60. The molecule has 3 N–H and O–H groups in total. The van der Waals surface area contributed by atoms with Crippen LogP contribution in [0.2, 0.25) is 0 Å². The summed E-state index contributed by atoms with van der Waals surface area (Å²) in [5, 5.41) is 14.0. The predicted octanol–water partition coefficient (Wildman–Crippen LogP) is 2.41. The van der Waals surface area contributed by atoms with E-state index in [9.17, 15) is 22.4 Å².